The van der Waals surface area contributed by atoms with E-state index in [-0.39, 0.29) is 0 Å². The molecule has 7 nitrogen and oxygen atoms in total. The van der Waals surface area contributed by atoms with Gasteiger partial charge in [-0.2, -0.15) is 5.10 Å². The minimum absolute atomic E-state index is 0.338. The fourth-order valence-corrected chi connectivity index (χ4v) is 5.03. The number of aromatic nitrogens is 2. The normalized spacial score (nSPS) is 13.7. The summed E-state index contributed by atoms with van der Waals surface area (Å²) in [6.07, 6.45) is 12.8. The van der Waals surface area contributed by atoms with E-state index < -0.39 is 0 Å². The highest BCUT2D eigenvalue weighted by Crippen LogP contribution is 2.44. The second kappa shape index (κ2) is 14.3. The lowest BCUT2D eigenvalue weighted by Gasteiger charge is -2.27. The van der Waals surface area contributed by atoms with Crippen molar-refractivity contribution in [2.45, 2.75) is 60.3 Å². The zero-order valence-corrected chi connectivity index (χ0v) is 26.0. The zero-order chi connectivity index (χ0) is 30.9. The topological polar surface area (TPSA) is 104 Å². The molecule has 0 bridgehead atoms. The molecule has 2 heterocycles. The van der Waals surface area contributed by atoms with Crippen LogP contribution in [0.5, 0.6) is 0 Å². The molecule has 5 N–H and O–H groups in total. The lowest BCUT2D eigenvalue weighted by Crippen LogP contribution is -2.30. The van der Waals surface area contributed by atoms with Crippen LogP contribution in [0.15, 0.2) is 95.5 Å². The number of aryl methyl sites for hydroxylation is 1. The Kier molecular flexibility index (Phi) is 10.3. The van der Waals surface area contributed by atoms with Gasteiger partial charge in [0.2, 0.25) is 0 Å². The fourth-order valence-electron chi connectivity index (χ4n) is 5.03. The third-order valence-corrected chi connectivity index (χ3v) is 7.14. The van der Waals surface area contributed by atoms with Gasteiger partial charge in [0.05, 0.1) is 11.4 Å². The molecule has 0 saturated carbocycles. The number of aliphatic imine (C=N–C) groups is 1. The molecule has 0 amide bonds. The van der Waals surface area contributed by atoms with Crippen molar-refractivity contribution in [1.29, 1.82) is 5.41 Å². The minimum atomic E-state index is 0.338. The number of fused-ring (bicyclic) bond motifs is 1. The molecule has 0 unspecified atom stereocenters. The molecule has 2 aromatic carbocycles. The van der Waals surface area contributed by atoms with Crippen molar-refractivity contribution in [2.75, 3.05) is 5.32 Å². The van der Waals surface area contributed by atoms with Gasteiger partial charge in [-0.25, -0.2) is 4.68 Å². The molecular weight excluding hydrogens is 530 g/mol. The number of nitrogens with zero attached hydrogens (tertiary/aromatic N) is 3. The minimum Gasteiger partial charge on any atom is -0.385 e. The summed E-state index contributed by atoms with van der Waals surface area (Å²) in [5.74, 6) is 1.84. The van der Waals surface area contributed by atoms with Crippen LogP contribution in [0.2, 0.25) is 0 Å². The first-order valence-corrected chi connectivity index (χ1v) is 14.9. The van der Waals surface area contributed by atoms with Crippen molar-refractivity contribution >= 4 is 40.8 Å². The summed E-state index contributed by atoms with van der Waals surface area (Å²) in [6.45, 7) is 15.1. The first-order chi connectivity index (χ1) is 20.8. The summed E-state index contributed by atoms with van der Waals surface area (Å²) in [4.78, 5) is 4.73. The number of nitrogens with two attached hydrogens (primary N) is 1. The molecule has 43 heavy (non-hydrogen) atoms. The smallest absolute Gasteiger partial charge is 0.143 e. The van der Waals surface area contributed by atoms with Crippen LogP contribution in [-0.2, 0) is 0 Å². The van der Waals surface area contributed by atoms with E-state index >= 15 is 0 Å². The van der Waals surface area contributed by atoms with Gasteiger partial charge in [-0.3, -0.25) is 4.99 Å². The largest absolute Gasteiger partial charge is 0.385 e. The van der Waals surface area contributed by atoms with E-state index in [1.54, 1.807) is 0 Å². The quantitative estimate of drug-likeness (QED) is 0.163. The Hall–Kier alpha value is -4.91. The van der Waals surface area contributed by atoms with Gasteiger partial charge >= 0.3 is 0 Å². The van der Waals surface area contributed by atoms with Crippen molar-refractivity contribution in [2.24, 2.45) is 10.7 Å². The number of nitrogens with one attached hydrogen (secondary N) is 3. The highest BCUT2D eigenvalue weighted by Gasteiger charge is 2.30. The molecule has 7 heteroatoms. The molecule has 0 fully saturated rings. The molecule has 222 valence electrons. The standard InChI is InChI=1S/C36H43N7/c1-7-9-14-27(13-8-2)33-34(28-15-11-10-12-16-28)42-43-26(6)32(35(41-36(33)43)40-31(38)19-21-37)29-18-17-25(5)30(23-29)39-22-20-24(3)4/h10-12,14-23,37,40-41H,6-9,13,38H2,1-5H3/b27-14+,31-19+,37-21?,39-22-. The molecule has 0 saturated heterocycles. The van der Waals surface area contributed by atoms with E-state index in [0.29, 0.717) is 17.3 Å². The van der Waals surface area contributed by atoms with E-state index in [0.717, 1.165) is 76.9 Å². The first kappa shape index (κ1) is 31.0. The van der Waals surface area contributed by atoms with Crippen LogP contribution in [0.4, 0.5) is 11.5 Å². The molecule has 0 atom stereocenters. The maximum absolute atomic E-state index is 7.55. The second-order valence-corrected chi connectivity index (χ2v) is 10.9. The first-order valence-electron chi connectivity index (χ1n) is 14.9. The van der Waals surface area contributed by atoms with E-state index in [2.05, 4.69) is 67.5 Å². The maximum atomic E-state index is 7.55. The van der Waals surface area contributed by atoms with Crippen molar-refractivity contribution in [3.63, 3.8) is 0 Å². The molecule has 1 aliphatic heterocycles. The molecule has 1 aliphatic rings. The molecule has 3 aromatic rings. The van der Waals surface area contributed by atoms with Crippen LogP contribution in [0.1, 0.15) is 70.1 Å². The molecule has 4 rings (SSSR count). The number of hydrogen-bond donors (Lipinski definition) is 4. The van der Waals surface area contributed by atoms with Crippen LogP contribution in [-0.4, -0.2) is 22.2 Å². The van der Waals surface area contributed by atoms with E-state index in [1.165, 1.54) is 17.2 Å². The van der Waals surface area contributed by atoms with Gasteiger partial charge in [0, 0.05) is 29.1 Å². The molecule has 0 spiro atoms. The molecule has 1 aromatic heterocycles. The monoisotopic (exact) mass is 573 g/mol. The summed E-state index contributed by atoms with van der Waals surface area (Å²) in [7, 11) is 0. The summed E-state index contributed by atoms with van der Waals surface area (Å²) < 4.78 is 1.91. The highest BCUT2D eigenvalue weighted by atomic mass is 15.4. The number of rotatable bonds is 12. The summed E-state index contributed by atoms with van der Waals surface area (Å²) in [5, 5.41) is 19.7. The van der Waals surface area contributed by atoms with Gasteiger partial charge < -0.3 is 21.8 Å². The molecule has 0 radical (unpaired) electrons. The Morgan fingerprint density at radius 1 is 1.09 bits per heavy atom. The van der Waals surface area contributed by atoms with Crippen molar-refractivity contribution < 1.29 is 0 Å². The third-order valence-electron chi connectivity index (χ3n) is 7.14. The number of hydrogen-bond acceptors (Lipinski definition) is 6. The van der Waals surface area contributed by atoms with Gasteiger partial charge in [0.1, 0.15) is 23.2 Å². The fraction of sp³-hybridized carbons (Fsp3) is 0.250. The van der Waals surface area contributed by atoms with Crippen LogP contribution in [0.3, 0.4) is 0 Å². The van der Waals surface area contributed by atoms with Gasteiger partial charge in [-0.05, 0) is 68.5 Å². The lowest BCUT2D eigenvalue weighted by molar-refractivity contribution is 0.877. The average Bonchev–Trinajstić information content (AvgIpc) is 3.36. The maximum Gasteiger partial charge on any atom is 0.143 e. The predicted octanol–water partition coefficient (Wildman–Crippen LogP) is 8.81. The van der Waals surface area contributed by atoms with Gasteiger partial charge in [-0.1, -0.05) is 87.4 Å². The molecular formula is C36H43N7. The zero-order valence-electron chi connectivity index (χ0n) is 26.0. The van der Waals surface area contributed by atoms with Gasteiger partial charge in [-0.15, -0.1) is 0 Å². The van der Waals surface area contributed by atoms with Crippen molar-refractivity contribution in [1.82, 2.24) is 15.1 Å². The summed E-state index contributed by atoms with van der Waals surface area (Å²) in [6, 6.07) is 16.5. The third kappa shape index (κ3) is 7.12. The molecule has 0 aliphatic carbocycles. The van der Waals surface area contributed by atoms with Gasteiger partial charge in [0.15, 0.2) is 0 Å². The number of allylic oxidation sites excluding steroid dienone is 7. The number of unbranched alkanes of at least 4 members (excludes halogenated alkanes) is 1. The Morgan fingerprint density at radius 3 is 2.53 bits per heavy atom. The Morgan fingerprint density at radius 2 is 1.86 bits per heavy atom. The van der Waals surface area contributed by atoms with Crippen LogP contribution in [0, 0.1) is 12.3 Å². The van der Waals surface area contributed by atoms with Crippen molar-refractivity contribution in [3.05, 3.63) is 107 Å². The SMILES string of the molecule is C=C1C(c2ccc(C)c(/N=C\C=C(C)C)c2)=C(N/C(N)=C/C=N)Nc2c(/C(=C/CCC)CCC)c(-c3ccccc3)nn21. The Labute approximate surface area is 255 Å². The summed E-state index contributed by atoms with van der Waals surface area (Å²) >= 11 is 0. The van der Waals surface area contributed by atoms with E-state index in [9.17, 15) is 0 Å². The second-order valence-electron chi connectivity index (χ2n) is 10.9. The van der Waals surface area contributed by atoms with Gasteiger partial charge in [0.25, 0.3) is 0 Å². The highest BCUT2D eigenvalue weighted by molar-refractivity contribution is 6.04. The van der Waals surface area contributed by atoms with Crippen molar-refractivity contribution in [3.8, 4) is 11.3 Å². The van der Waals surface area contributed by atoms with Crippen LogP contribution in [0.25, 0.3) is 28.1 Å². The van der Waals surface area contributed by atoms with Crippen LogP contribution < -0.4 is 16.4 Å². The predicted molar refractivity (Wildman–Crippen MR) is 184 cm³/mol. The lowest BCUT2D eigenvalue weighted by atomic mass is 9.95. The number of benzene rings is 2. The average molecular weight is 574 g/mol. The van der Waals surface area contributed by atoms with E-state index in [1.807, 2.05) is 55.9 Å². The van der Waals surface area contributed by atoms with Crippen LogP contribution >= 0.6 is 0 Å². The van der Waals surface area contributed by atoms with E-state index in [4.69, 9.17) is 21.2 Å². The Balaban J connectivity index is 1.96. The summed E-state index contributed by atoms with van der Waals surface area (Å²) in [5.41, 5.74) is 16.1. The number of anilines is 1. The Bertz CT molecular complexity index is 1640.